The van der Waals surface area contributed by atoms with Gasteiger partial charge in [-0.3, -0.25) is 0 Å². The largest absolute Gasteiger partial charge is 0.0587 e. The maximum absolute atomic E-state index is 2.63. The molecule has 1 heteroatoms. The summed E-state index contributed by atoms with van der Waals surface area (Å²) in [5, 5.41) is 0. The maximum atomic E-state index is 2.63. The summed E-state index contributed by atoms with van der Waals surface area (Å²) in [6, 6.07) is 26.9. The highest BCUT2D eigenvalue weighted by molar-refractivity contribution is 6.36. The van der Waals surface area contributed by atoms with E-state index in [-0.39, 0.29) is 10.8 Å². The number of hydrogen-bond donors (Lipinski definition) is 0. The smallest absolute Gasteiger partial charge is 0.0218 e. The molecule has 0 fully saturated rings. The minimum Gasteiger partial charge on any atom is -0.0587 e. The molecule has 2 atom stereocenters. The fourth-order valence-corrected chi connectivity index (χ4v) is 11.8. The van der Waals surface area contributed by atoms with Crippen LogP contribution >= 0.6 is 0 Å². The second-order valence-electron chi connectivity index (χ2n) is 18.9. The Kier molecular flexibility index (Phi) is 10.1. The molecule has 0 nitrogen and oxygen atoms in total. The highest BCUT2D eigenvalue weighted by Gasteiger charge is 2.37. The van der Waals surface area contributed by atoms with Crippen molar-refractivity contribution in [1.29, 1.82) is 0 Å². The van der Waals surface area contributed by atoms with E-state index in [9.17, 15) is 0 Å². The van der Waals surface area contributed by atoms with Crippen LogP contribution < -0.4 is 0 Å². The lowest BCUT2D eigenvalue weighted by Crippen LogP contribution is -2.18. The molecule has 0 heterocycles. The first-order chi connectivity index (χ1) is 23.8. The Morgan fingerprint density at radius 1 is 0.510 bits per heavy atom. The van der Waals surface area contributed by atoms with Gasteiger partial charge in [0.2, 0.25) is 0 Å². The Hall–Kier alpha value is -3.42. The molecule has 0 saturated carbocycles. The average molecular weight is 693 g/mol. The first-order valence-electron chi connectivity index (χ1n) is 19.8. The molecule has 2 unspecified atom stereocenters. The molecule has 0 spiro atoms. The zero-order valence-electron chi connectivity index (χ0n) is 34.4. The van der Waals surface area contributed by atoms with Crippen LogP contribution in [-0.2, 0) is 0 Å². The lowest BCUT2D eigenvalue weighted by Gasteiger charge is -2.30. The van der Waals surface area contributed by atoms with Gasteiger partial charge in [-0.05, 0) is 106 Å². The fourth-order valence-electron chi connectivity index (χ4n) is 9.54. The molecule has 0 aliphatic heterocycles. The summed E-state index contributed by atoms with van der Waals surface area (Å²) in [6.45, 7) is 33.0. The van der Waals surface area contributed by atoms with Gasteiger partial charge < -0.3 is 0 Å². The maximum Gasteiger partial charge on any atom is 0.0218 e. The average Bonchev–Trinajstić information content (AvgIpc) is 3.58. The first kappa shape index (κ1) is 37.3. The van der Waals surface area contributed by atoms with E-state index >= 15 is 0 Å². The highest BCUT2D eigenvalue weighted by atomic mass is 28.2. The molecule has 2 aliphatic carbocycles. The molecule has 51 heavy (non-hydrogen) atoms. The zero-order chi connectivity index (χ0) is 37.2. The Balaban J connectivity index is 1.39. The molecule has 6 rings (SSSR count). The third kappa shape index (κ3) is 7.30. The predicted molar refractivity (Wildman–Crippen MR) is 229 cm³/mol. The second kappa shape index (κ2) is 13.9. The van der Waals surface area contributed by atoms with Crippen LogP contribution in [0.2, 0.25) is 12.1 Å². The molecule has 0 bridgehead atoms. The van der Waals surface area contributed by atoms with Crippen molar-refractivity contribution in [3.05, 3.63) is 127 Å². The quantitative estimate of drug-likeness (QED) is 0.161. The van der Waals surface area contributed by atoms with E-state index in [1.807, 2.05) is 0 Å². The van der Waals surface area contributed by atoms with E-state index in [1.54, 1.807) is 22.3 Å². The van der Waals surface area contributed by atoms with Gasteiger partial charge in [0.1, 0.15) is 0 Å². The molecular weight excluding hydrogens is 629 g/mol. The summed E-state index contributed by atoms with van der Waals surface area (Å²) in [4.78, 5) is 0. The van der Waals surface area contributed by atoms with Crippen molar-refractivity contribution in [1.82, 2.24) is 0 Å². The molecule has 2 aliphatic rings. The number of hydrogen-bond acceptors (Lipinski definition) is 0. The Labute approximate surface area is 313 Å². The number of aryl methyl sites for hydroxylation is 4. The van der Waals surface area contributed by atoms with Crippen molar-refractivity contribution >= 4 is 21.7 Å². The van der Waals surface area contributed by atoms with Gasteiger partial charge in [0, 0.05) is 21.4 Å². The van der Waals surface area contributed by atoms with Crippen LogP contribution in [0.25, 0.3) is 34.4 Å². The molecule has 0 saturated heterocycles. The molecule has 268 valence electrons. The minimum atomic E-state index is -0.414. The van der Waals surface area contributed by atoms with Gasteiger partial charge in [-0.2, -0.15) is 0 Å². The zero-order valence-corrected chi connectivity index (χ0v) is 35.8. The molecule has 0 N–H and O–H groups in total. The Morgan fingerprint density at radius 3 is 1.14 bits per heavy atom. The fraction of sp³-hybridized carbons (Fsp3) is 0.440. The first-order valence-corrected chi connectivity index (χ1v) is 21.8. The summed E-state index contributed by atoms with van der Waals surface area (Å²) in [5.74, 6) is 1.96. The summed E-state index contributed by atoms with van der Waals surface area (Å²) < 4.78 is 0. The SMILES string of the molecule is Cc1cc(C)cc(-c2c(C(C)C)ccc3c2C=C(C(C)(C)C)C3C[SiH2]CC2C(C(C)(C)C)=Cc3c2ccc(C(C)C)c3-c2cc(C)cc(C)c2)c1. The molecule has 0 radical (unpaired) electrons. The molecular formula is C50H64Si. The van der Waals surface area contributed by atoms with Crippen LogP contribution in [0.3, 0.4) is 0 Å². The summed E-state index contributed by atoms with van der Waals surface area (Å²) in [7, 11) is -0.414. The van der Waals surface area contributed by atoms with Crippen molar-refractivity contribution < 1.29 is 0 Å². The van der Waals surface area contributed by atoms with Crippen LogP contribution in [-0.4, -0.2) is 9.52 Å². The van der Waals surface area contributed by atoms with Crippen molar-refractivity contribution in [2.24, 2.45) is 10.8 Å². The van der Waals surface area contributed by atoms with Crippen molar-refractivity contribution in [3.8, 4) is 22.3 Å². The van der Waals surface area contributed by atoms with Crippen molar-refractivity contribution in [2.45, 2.75) is 133 Å². The number of benzene rings is 4. The third-order valence-corrected chi connectivity index (χ3v) is 13.7. The van der Waals surface area contributed by atoms with E-state index in [4.69, 9.17) is 0 Å². The van der Waals surface area contributed by atoms with Gasteiger partial charge in [-0.25, -0.2) is 0 Å². The molecule has 4 aromatic carbocycles. The topological polar surface area (TPSA) is 0 Å². The second-order valence-corrected chi connectivity index (χ2v) is 20.7. The van der Waals surface area contributed by atoms with Crippen LogP contribution in [0.1, 0.15) is 149 Å². The van der Waals surface area contributed by atoms with E-state index in [1.165, 1.54) is 78.8 Å². The van der Waals surface area contributed by atoms with Crippen molar-refractivity contribution in [3.63, 3.8) is 0 Å². The molecule has 0 aromatic heterocycles. The Morgan fingerprint density at radius 2 is 0.843 bits per heavy atom. The van der Waals surface area contributed by atoms with Gasteiger partial charge in [-0.1, -0.05) is 188 Å². The number of fused-ring (bicyclic) bond motifs is 2. The summed E-state index contributed by atoms with van der Waals surface area (Å²) in [5.41, 5.74) is 23.7. The number of rotatable bonds is 8. The number of allylic oxidation sites excluding steroid dienone is 2. The summed E-state index contributed by atoms with van der Waals surface area (Å²) in [6.07, 6.45) is 5.25. The van der Waals surface area contributed by atoms with E-state index in [0.29, 0.717) is 23.7 Å². The normalized spacial score (nSPS) is 17.5. The van der Waals surface area contributed by atoms with Gasteiger partial charge in [0.15, 0.2) is 0 Å². The standard InChI is InChI=1S/C50H64Si/c1-29(2)37-15-17-39-41(47(37)35-21-31(5)19-32(6)22-35)25-45(49(9,10)11)43(39)27-51-28-44-40-18-16-38(30(3)4)48(36-23-33(7)20-34(8)24-36)42(40)26-46(44)50(12,13)14/h15-26,29-30,43-44H,27-28,51H2,1-14H3. The monoisotopic (exact) mass is 692 g/mol. The van der Waals surface area contributed by atoms with Gasteiger partial charge in [0.25, 0.3) is 0 Å². The minimum absolute atomic E-state index is 0.125. The molecule has 0 amide bonds. The van der Waals surface area contributed by atoms with E-state index in [2.05, 4.69) is 170 Å². The molecule has 4 aromatic rings. The van der Waals surface area contributed by atoms with E-state index < -0.39 is 9.52 Å². The predicted octanol–water partition coefficient (Wildman–Crippen LogP) is 14.3. The van der Waals surface area contributed by atoms with Crippen LogP contribution in [0, 0.1) is 38.5 Å². The van der Waals surface area contributed by atoms with Gasteiger partial charge in [0.05, 0.1) is 0 Å². The van der Waals surface area contributed by atoms with Crippen LogP contribution in [0.5, 0.6) is 0 Å². The summed E-state index contributed by atoms with van der Waals surface area (Å²) >= 11 is 0. The van der Waals surface area contributed by atoms with Crippen molar-refractivity contribution in [2.75, 3.05) is 0 Å². The highest BCUT2D eigenvalue weighted by Crippen LogP contribution is 2.54. The van der Waals surface area contributed by atoms with Gasteiger partial charge in [-0.15, -0.1) is 0 Å². The third-order valence-electron chi connectivity index (χ3n) is 11.7. The Bertz CT molecular complexity index is 1840. The lowest BCUT2D eigenvalue weighted by molar-refractivity contribution is 0.475. The van der Waals surface area contributed by atoms with Crippen LogP contribution in [0.15, 0.2) is 71.8 Å². The lowest BCUT2D eigenvalue weighted by atomic mass is 9.79. The van der Waals surface area contributed by atoms with E-state index in [0.717, 1.165) is 0 Å². The van der Waals surface area contributed by atoms with Gasteiger partial charge >= 0.3 is 0 Å². The van der Waals surface area contributed by atoms with Crippen LogP contribution in [0.4, 0.5) is 0 Å².